The van der Waals surface area contributed by atoms with Crippen LogP contribution in [0.25, 0.3) is 6.08 Å². The second-order valence-electron chi connectivity index (χ2n) is 13.7. The van der Waals surface area contributed by atoms with Crippen molar-refractivity contribution in [1.29, 1.82) is 0 Å². The van der Waals surface area contributed by atoms with Crippen molar-refractivity contribution in [2.24, 2.45) is 11.8 Å². The molecule has 1 spiro atoms. The molecule has 2 N–H and O–H groups in total. The molecule has 5 aliphatic rings. The van der Waals surface area contributed by atoms with E-state index in [0.29, 0.717) is 49.5 Å². The number of aliphatic hydroxyl groups is 1. The van der Waals surface area contributed by atoms with Crippen LogP contribution in [0.4, 0.5) is 13.2 Å². The number of nitrogens with zero attached hydrogens (tertiary/aromatic N) is 2. The Morgan fingerprint density at radius 3 is 2.73 bits per heavy atom. The van der Waals surface area contributed by atoms with Crippen LogP contribution in [-0.4, -0.2) is 75.7 Å². The number of amides is 1. The Labute approximate surface area is 255 Å². The summed E-state index contributed by atoms with van der Waals surface area (Å²) in [7, 11) is 0. The van der Waals surface area contributed by atoms with E-state index in [4.69, 9.17) is 4.74 Å². The standard InChI is InChI=1S/C34H39F3N2O5/c1-20(2)18-39(28(41)11-8-21-4-3-5-24(16-21)44-34(35,36)37)25-12-13-33(42)27-17-23-9-10-26(40)30-29(23)32(33,31(25)43-30)14-15-38(27)19-22-6-7-22/h3-5,8-11,16,20,22,25,27,31,40,42H,6-7,12-15,17-19H2,1-2H3/b11-8+/t25?,27-,31?,32+,33-/m1/s1. The number of likely N-dealkylation sites (tertiary alicyclic amines) is 1. The van der Waals surface area contributed by atoms with Crippen molar-refractivity contribution >= 4 is 12.0 Å². The molecule has 2 heterocycles. The third-order valence-electron chi connectivity index (χ3n) is 10.5. The van der Waals surface area contributed by atoms with Gasteiger partial charge in [-0.3, -0.25) is 9.69 Å². The predicted molar refractivity (Wildman–Crippen MR) is 157 cm³/mol. The van der Waals surface area contributed by atoms with Crippen LogP contribution in [0.5, 0.6) is 17.2 Å². The van der Waals surface area contributed by atoms with E-state index in [0.717, 1.165) is 24.2 Å². The van der Waals surface area contributed by atoms with E-state index >= 15 is 0 Å². The molecule has 0 radical (unpaired) electrons. The fourth-order valence-electron chi connectivity index (χ4n) is 8.64. The number of phenols is 1. The number of ether oxygens (including phenoxy) is 2. The smallest absolute Gasteiger partial charge is 0.504 e. The predicted octanol–water partition coefficient (Wildman–Crippen LogP) is 5.42. The number of piperidine rings is 1. The van der Waals surface area contributed by atoms with E-state index in [9.17, 15) is 28.2 Å². The van der Waals surface area contributed by atoms with Gasteiger partial charge in [0.2, 0.25) is 5.91 Å². The second-order valence-corrected chi connectivity index (χ2v) is 13.7. The van der Waals surface area contributed by atoms with Crippen molar-refractivity contribution in [3.63, 3.8) is 0 Å². The van der Waals surface area contributed by atoms with Gasteiger partial charge in [0, 0.05) is 30.8 Å². The van der Waals surface area contributed by atoms with E-state index in [1.165, 1.54) is 43.2 Å². The summed E-state index contributed by atoms with van der Waals surface area (Å²) >= 11 is 0. The Kier molecular flexibility index (Phi) is 6.97. The summed E-state index contributed by atoms with van der Waals surface area (Å²) in [5.41, 5.74) is 0.586. The van der Waals surface area contributed by atoms with Crippen molar-refractivity contribution in [1.82, 2.24) is 9.80 Å². The zero-order valence-electron chi connectivity index (χ0n) is 25.0. The van der Waals surface area contributed by atoms with Gasteiger partial charge in [-0.2, -0.15) is 0 Å². The molecule has 5 atom stereocenters. The Hall–Kier alpha value is -3.24. The van der Waals surface area contributed by atoms with E-state index in [2.05, 4.69) is 9.64 Å². The maximum Gasteiger partial charge on any atom is 0.573 e. The topological polar surface area (TPSA) is 82.5 Å². The molecule has 236 valence electrons. The summed E-state index contributed by atoms with van der Waals surface area (Å²) in [5.74, 6) is 0.653. The number of alkyl halides is 3. The lowest BCUT2D eigenvalue weighted by atomic mass is 9.48. The highest BCUT2D eigenvalue weighted by Crippen LogP contribution is 2.66. The average Bonchev–Trinajstić information content (AvgIpc) is 3.70. The molecule has 10 heteroatoms. The van der Waals surface area contributed by atoms with Gasteiger partial charge in [-0.1, -0.05) is 32.0 Å². The zero-order valence-corrected chi connectivity index (χ0v) is 25.0. The van der Waals surface area contributed by atoms with E-state index in [1.807, 2.05) is 19.9 Å². The van der Waals surface area contributed by atoms with Crippen LogP contribution in [0.3, 0.4) is 0 Å². The highest BCUT2D eigenvalue weighted by atomic mass is 19.4. The molecule has 3 aliphatic carbocycles. The van der Waals surface area contributed by atoms with Crippen LogP contribution >= 0.6 is 0 Å². The summed E-state index contributed by atoms with van der Waals surface area (Å²) in [4.78, 5) is 18.2. The second kappa shape index (κ2) is 10.4. The molecule has 0 aromatic heterocycles. The minimum Gasteiger partial charge on any atom is -0.504 e. The van der Waals surface area contributed by atoms with Crippen LogP contribution in [-0.2, 0) is 16.6 Å². The Morgan fingerprint density at radius 1 is 1.20 bits per heavy atom. The van der Waals surface area contributed by atoms with Crippen LogP contribution in [0.1, 0.15) is 62.6 Å². The summed E-state index contributed by atoms with van der Waals surface area (Å²) < 4.78 is 49.0. The Bertz CT molecular complexity index is 1490. The van der Waals surface area contributed by atoms with Gasteiger partial charge in [0.1, 0.15) is 11.9 Å². The van der Waals surface area contributed by atoms with E-state index in [1.54, 1.807) is 17.0 Å². The van der Waals surface area contributed by atoms with Crippen LogP contribution in [0.2, 0.25) is 0 Å². The maximum atomic E-state index is 13.9. The summed E-state index contributed by atoms with van der Waals surface area (Å²) in [6, 6.07) is 8.72. The lowest BCUT2D eigenvalue weighted by Gasteiger charge is -2.65. The van der Waals surface area contributed by atoms with Gasteiger partial charge in [-0.05, 0) is 92.3 Å². The van der Waals surface area contributed by atoms with Gasteiger partial charge < -0.3 is 24.6 Å². The van der Waals surface area contributed by atoms with Gasteiger partial charge in [0.05, 0.1) is 17.1 Å². The first-order valence-corrected chi connectivity index (χ1v) is 15.7. The fraction of sp³-hybridized carbons (Fsp3) is 0.559. The molecular formula is C34H39F3N2O5. The third kappa shape index (κ3) is 4.76. The number of hydrogen-bond donors (Lipinski definition) is 2. The normalized spacial score (nSPS) is 30.8. The maximum absolute atomic E-state index is 13.9. The first-order valence-electron chi connectivity index (χ1n) is 15.7. The molecule has 2 aromatic rings. The number of phenolic OH excluding ortho intramolecular Hbond substituents is 1. The van der Waals surface area contributed by atoms with Gasteiger partial charge >= 0.3 is 6.36 Å². The van der Waals surface area contributed by atoms with Gasteiger partial charge in [-0.15, -0.1) is 13.2 Å². The number of carbonyl (C=O) groups excluding carboxylic acids is 1. The monoisotopic (exact) mass is 612 g/mol. The fourth-order valence-corrected chi connectivity index (χ4v) is 8.64. The largest absolute Gasteiger partial charge is 0.573 e. The SMILES string of the molecule is CC(C)CN(C(=O)/C=C/c1cccc(OC(F)(F)F)c1)C1CC[C@@]2(O)[C@H]3Cc4ccc(O)c5c4[C@@]2(CCN3CC2CC2)C1O5. The molecule has 2 aliphatic heterocycles. The molecule has 44 heavy (non-hydrogen) atoms. The van der Waals surface area contributed by atoms with Crippen LogP contribution < -0.4 is 9.47 Å². The molecule has 2 saturated carbocycles. The first-order chi connectivity index (χ1) is 20.9. The number of benzene rings is 2. The summed E-state index contributed by atoms with van der Waals surface area (Å²) in [6.45, 7) is 6.29. The first kappa shape index (κ1) is 29.5. The lowest BCUT2D eigenvalue weighted by molar-refractivity contribution is -0.274. The van der Waals surface area contributed by atoms with Crippen molar-refractivity contribution in [2.45, 2.75) is 87.9 Å². The molecular weight excluding hydrogens is 573 g/mol. The Morgan fingerprint density at radius 2 is 2.00 bits per heavy atom. The minimum atomic E-state index is -4.81. The summed E-state index contributed by atoms with van der Waals surface area (Å²) in [6.07, 6.45) is 2.39. The number of aromatic hydroxyl groups is 1. The third-order valence-corrected chi connectivity index (χ3v) is 10.5. The molecule has 7 nitrogen and oxygen atoms in total. The highest BCUT2D eigenvalue weighted by molar-refractivity contribution is 5.92. The minimum absolute atomic E-state index is 0.0510. The van der Waals surface area contributed by atoms with Gasteiger partial charge in [0.25, 0.3) is 0 Å². The lowest BCUT2D eigenvalue weighted by Crippen LogP contribution is -2.78. The molecule has 2 aromatic carbocycles. The Balaban J connectivity index is 1.23. The molecule has 7 rings (SSSR count). The molecule has 1 saturated heterocycles. The zero-order chi connectivity index (χ0) is 31.0. The van der Waals surface area contributed by atoms with Crippen LogP contribution in [0, 0.1) is 11.8 Å². The number of hydrogen-bond acceptors (Lipinski definition) is 6. The van der Waals surface area contributed by atoms with E-state index < -0.39 is 23.5 Å². The molecule has 2 bridgehead atoms. The highest BCUT2D eigenvalue weighted by Gasteiger charge is 2.73. The van der Waals surface area contributed by atoms with Crippen molar-refractivity contribution in [3.05, 3.63) is 59.2 Å². The van der Waals surface area contributed by atoms with Crippen molar-refractivity contribution in [3.8, 4) is 17.2 Å². The van der Waals surface area contributed by atoms with Gasteiger partial charge in [0.15, 0.2) is 11.5 Å². The van der Waals surface area contributed by atoms with Crippen LogP contribution in [0.15, 0.2) is 42.5 Å². The number of carbonyl (C=O) groups is 1. The van der Waals surface area contributed by atoms with E-state index in [-0.39, 0.29) is 35.4 Å². The average molecular weight is 613 g/mol. The summed E-state index contributed by atoms with van der Waals surface area (Å²) in [5, 5.41) is 23.7. The molecule has 2 unspecified atom stereocenters. The van der Waals surface area contributed by atoms with Crippen molar-refractivity contribution in [2.75, 3.05) is 19.6 Å². The van der Waals surface area contributed by atoms with Crippen molar-refractivity contribution < 1.29 is 37.7 Å². The number of rotatable bonds is 8. The van der Waals surface area contributed by atoms with Gasteiger partial charge in [-0.25, -0.2) is 0 Å². The molecule has 1 amide bonds. The number of halogens is 3. The quantitative estimate of drug-likeness (QED) is 0.388. The molecule has 3 fully saturated rings.